The van der Waals surface area contributed by atoms with Crippen molar-refractivity contribution < 1.29 is 18.4 Å². The quantitative estimate of drug-likeness (QED) is 0.409. The molecule has 0 saturated carbocycles. The third-order valence-electron chi connectivity index (χ3n) is 5.18. The predicted octanol–water partition coefficient (Wildman–Crippen LogP) is 1.67. The van der Waals surface area contributed by atoms with Gasteiger partial charge in [0.05, 0.1) is 12.8 Å². The van der Waals surface area contributed by atoms with Gasteiger partial charge in [-0.1, -0.05) is 60.7 Å². The van der Waals surface area contributed by atoms with Gasteiger partial charge < -0.3 is 11.5 Å². The van der Waals surface area contributed by atoms with Crippen LogP contribution in [0.15, 0.2) is 69.7 Å². The first-order valence-electron chi connectivity index (χ1n) is 10.1. The van der Waals surface area contributed by atoms with Crippen LogP contribution in [0.2, 0.25) is 0 Å². The van der Waals surface area contributed by atoms with E-state index in [4.69, 9.17) is 20.5 Å². The van der Waals surface area contributed by atoms with Crippen LogP contribution < -0.4 is 20.8 Å². The lowest BCUT2D eigenvalue weighted by Gasteiger charge is -1.98. The summed E-state index contributed by atoms with van der Waals surface area (Å²) in [5, 5.41) is 8.18. The molecule has 0 saturated heterocycles. The van der Waals surface area contributed by atoms with Crippen molar-refractivity contribution in [2.24, 2.45) is 0 Å². The number of aryl methyl sites for hydroxylation is 4. The summed E-state index contributed by atoms with van der Waals surface area (Å²) in [6.07, 6.45) is 2.94. The average Bonchev–Trinajstić information content (AvgIpc) is 3.32. The van der Waals surface area contributed by atoms with Crippen molar-refractivity contribution in [1.82, 2.24) is 10.5 Å². The molecule has 2 aromatic carbocycles. The fourth-order valence-electron chi connectivity index (χ4n) is 3.50. The minimum atomic E-state index is 0.328. The SMILES string of the molecule is Nc1on[n+](CCc2ccccc2)c1CCc1c(N)on[n+]1CCc1ccccc1. The molecule has 2 heterocycles. The molecular weight excluding hydrogens is 380 g/mol. The van der Waals surface area contributed by atoms with Crippen LogP contribution >= 0.6 is 0 Å². The predicted molar refractivity (Wildman–Crippen MR) is 110 cm³/mol. The van der Waals surface area contributed by atoms with Crippen LogP contribution in [-0.2, 0) is 38.8 Å². The Morgan fingerprint density at radius 3 is 1.40 bits per heavy atom. The van der Waals surface area contributed by atoms with E-state index in [1.54, 1.807) is 0 Å². The van der Waals surface area contributed by atoms with E-state index in [0.29, 0.717) is 37.7 Å². The second-order valence-electron chi connectivity index (χ2n) is 7.19. The fraction of sp³-hybridized carbons (Fsp3) is 0.273. The molecule has 30 heavy (non-hydrogen) atoms. The van der Waals surface area contributed by atoms with Gasteiger partial charge in [-0.15, -0.1) is 0 Å². The van der Waals surface area contributed by atoms with E-state index >= 15 is 0 Å². The number of rotatable bonds is 9. The Bertz CT molecular complexity index is 988. The Hall–Kier alpha value is -3.68. The van der Waals surface area contributed by atoms with Crippen molar-refractivity contribution in [3.63, 3.8) is 0 Å². The lowest BCUT2D eigenvalue weighted by Crippen LogP contribution is -2.43. The Balaban J connectivity index is 1.41. The van der Waals surface area contributed by atoms with Crippen LogP contribution in [0.1, 0.15) is 22.5 Å². The molecule has 0 bridgehead atoms. The topological polar surface area (TPSA) is 112 Å². The average molecular weight is 406 g/mol. The van der Waals surface area contributed by atoms with Crippen LogP contribution in [-0.4, -0.2) is 10.5 Å². The maximum absolute atomic E-state index is 6.03. The van der Waals surface area contributed by atoms with Crippen LogP contribution in [0.5, 0.6) is 0 Å². The standard InChI is InChI=1S/C22H26N6O2/c23-21-19(27(25-29-21)15-13-17-7-3-1-4-8-17)11-12-20-22(24)30-26-28(20)16-14-18-9-5-2-6-10-18/h1-10H,11-16,23-24H2/q+2. The Labute approximate surface area is 174 Å². The molecule has 4 aromatic rings. The number of aromatic nitrogens is 4. The fourth-order valence-corrected chi connectivity index (χ4v) is 3.50. The summed E-state index contributed by atoms with van der Waals surface area (Å²) in [7, 11) is 0. The van der Waals surface area contributed by atoms with E-state index in [0.717, 1.165) is 24.2 Å². The molecule has 8 nitrogen and oxygen atoms in total. The number of nitrogens with two attached hydrogens (primary N) is 2. The lowest BCUT2D eigenvalue weighted by molar-refractivity contribution is -0.771. The molecule has 8 heteroatoms. The number of hydrogen-bond acceptors (Lipinski definition) is 6. The van der Waals surface area contributed by atoms with Crippen molar-refractivity contribution in [3.05, 3.63) is 83.2 Å². The maximum atomic E-state index is 6.03. The lowest BCUT2D eigenvalue weighted by atomic mass is 10.1. The largest absolute Gasteiger partial charge is 0.362 e. The van der Waals surface area contributed by atoms with Gasteiger partial charge in [0, 0.05) is 12.8 Å². The summed E-state index contributed by atoms with van der Waals surface area (Å²) in [5.74, 6) is 0.655. The zero-order valence-corrected chi connectivity index (χ0v) is 16.8. The molecule has 0 aliphatic heterocycles. The highest BCUT2D eigenvalue weighted by Gasteiger charge is 2.28. The van der Waals surface area contributed by atoms with Gasteiger partial charge in [-0.3, -0.25) is 9.05 Å². The monoisotopic (exact) mass is 406 g/mol. The van der Waals surface area contributed by atoms with Gasteiger partial charge in [-0.05, 0) is 20.5 Å². The summed E-state index contributed by atoms with van der Waals surface area (Å²) in [6, 6.07) is 20.5. The highest BCUT2D eigenvalue weighted by molar-refractivity contribution is 5.29. The van der Waals surface area contributed by atoms with Gasteiger partial charge in [-0.25, -0.2) is 0 Å². The molecule has 154 valence electrons. The summed E-state index contributed by atoms with van der Waals surface area (Å²) in [6.45, 7) is 1.38. The van der Waals surface area contributed by atoms with Gasteiger partial charge in [-0.2, -0.15) is 0 Å². The van der Waals surface area contributed by atoms with Crippen molar-refractivity contribution in [1.29, 1.82) is 0 Å². The first-order chi connectivity index (χ1) is 14.7. The van der Waals surface area contributed by atoms with Gasteiger partial charge in [0.2, 0.25) is 10.5 Å². The molecule has 0 aliphatic rings. The van der Waals surface area contributed by atoms with Crippen molar-refractivity contribution >= 4 is 11.8 Å². The molecular formula is C22H26N6O2+2. The van der Waals surface area contributed by atoms with E-state index in [1.807, 2.05) is 45.8 Å². The molecule has 4 N–H and O–H groups in total. The molecule has 0 atom stereocenters. The van der Waals surface area contributed by atoms with Crippen molar-refractivity contribution in [3.8, 4) is 0 Å². The summed E-state index contributed by atoms with van der Waals surface area (Å²) in [5.41, 5.74) is 16.2. The molecule has 0 unspecified atom stereocenters. The number of nitrogens with zero attached hydrogens (tertiary/aromatic N) is 4. The van der Waals surface area contributed by atoms with E-state index in [-0.39, 0.29) is 0 Å². The first kappa shape index (κ1) is 19.6. The molecule has 0 spiro atoms. The Morgan fingerprint density at radius 2 is 1.00 bits per heavy atom. The second kappa shape index (κ2) is 9.21. The number of anilines is 2. The van der Waals surface area contributed by atoms with Gasteiger partial charge in [0.1, 0.15) is 0 Å². The number of nitrogen functional groups attached to an aromatic ring is 2. The van der Waals surface area contributed by atoms with E-state index in [2.05, 4.69) is 34.8 Å². The Kier molecular flexibility index (Phi) is 6.03. The van der Waals surface area contributed by atoms with E-state index in [9.17, 15) is 0 Å². The molecule has 0 fully saturated rings. The van der Waals surface area contributed by atoms with Crippen LogP contribution in [0.25, 0.3) is 0 Å². The third kappa shape index (κ3) is 4.65. The normalized spacial score (nSPS) is 11.1. The van der Waals surface area contributed by atoms with Crippen molar-refractivity contribution in [2.45, 2.75) is 38.8 Å². The zero-order valence-electron chi connectivity index (χ0n) is 16.8. The van der Waals surface area contributed by atoms with Crippen LogP contribution in [0, 0.1) is 0 Å². The maximum Gasteiger partial charge on any atom is 0.296 e. The molecule has 4 rings (SSSR count). The highest BCUT2D eigenvalue weighted by atomic mass is 16.5. The van der Waals surface area contributed by atoms with E-state index in [1.165, 1.54) is 11.1 Å². The summed E-state index contributed by atoms with van der Waals surface area (Å²) < 4.78 is 14.1. The Morgan fingerprint density at radius 1 is 0.600 bits per heavy atom. The number of hydrogen-bond donors (Lipinski definition) is 2. The number of benzene rings is 2. The van der Waals surface area contributed by atoms with Crippen molar-refractivity contribution in [2.75, 3.05) is 11.5 Å². The van der Waals surface area contributed by atoms with Crippen LogP contribution in [0.4, 0.5) is 11.8 Å². The molecule has 0 aliphatic carbocycles. The van der Waals surface area contributed by atoms with Gasteiger partial charge in [0.25, 0.3) is 23.2 Å². The van der Waals surface area contributed by atoms with Gasteiger partial charge in [0.15, 0.2) is 13.1 Å². The van der Waals surface area contributed by atoms with Gasteiger partial charge >= 0.3 is 0 Å². The smallest absolute Gasteiger partial charge is 0.296 e. The molecule has 0 amide bonds. The minimum Gasteiger partial charge on any atom is -0.362 e. The van der Waals surface area contributed by atoms with E-state index < -0.39 is 0 Å². The van der Waals surface area contributed by atoms with Crippen LogP contribution in [0.3, 0.4) is 0 Å². The summed E-state index contributed by atoms with van der Waals surface area (Å²) in [4.78, 5) is 0. The highest BCUT2D eigenvalue weighted by Crippen LogP contribution is 2.13. The third-order valence-corrected chi connectivity index (χ3v) is 5.18. The summed E-state index contributed by atoms with van der Waals surface area (Å²) >= 11 is 0. The first-order valence-corrected chi connectivity index (χ1v) is 10.1. The molecule has 0 radical (unpaired) electrons. The second-order valence-corrected chi connectivity index (χ2v) is 7.19. The molecule has 2 aromatic heterocycles. The minimum absolute atomic E-state index is 0.328. The zero-order chi connectivity index (χ0) is 20.8.